The van der Waals surface area contributed by atoms with Gasteiger partial charge in [0.15, 0.2) is 0 Å². The topological polar surface area (TPSA) is 86.8 Å². The normalized spacial score (nSPS) is 14.9. The molecule has 0 aromatic heterocycles. The van der Waals surface area contributed by atoms with Crippen LogP contribution in [0, 0.1) is 5.82 Å². The van der Waals surface area contributed by atoms with Crippen molar-refractivity contribution in [1.29, 1.82) is 0 Å². The van der Waals surface area contributed by atoms with Crippen molar-refractivity contribution in [2.24, 2.45) is 0 Å². The molecule has 35 heavy (non-hydrogen) atoms. The SMILES string of the molecule is CCC(C(=O)NC1CCCC1)N(CCc1ccccc1)C(=O)CN(c1cccc(F)c1)S(C)(=O)=O. The molecule has 2 amide bonds. The Hall–Kier alpha value is -2.94. The van der Waals surface area contributed by atoms with Gasteiger partial charge in [0.1, 0.15) is 18.4 Å². The Bertz CT molecular complexity index is 1100. The predicted molar refractivity (Wildman–Crippen MR) is 135 cm³/mol. The third-order valence-corrected chi connectivity index (χ3v) is 7.49. The molecule has 0 bridgehead atoms. The van der Waals surface area contributed by atoms with E-state index in [4.69, 9.17) is 0 Å². The summed E-state index contributed by atoms with van der Waals surface area (Å²) in [6.07, 6.45) is 5.84. The molecule has 0 aliphatic heterocycles. The molecular weight excluding hydrogens is 469 g/mol. The van der Waals surface area contributed by atoms with E-state index in [0.29, 0.717) is 12.8 Å². The number of hydrogen-bond acceptors (Lipinski definition) is 4. The van der Waals surface area contributed by atoms with Gasteiger partial charge < -0.3 is 10.2 Å². The number of halogens is 1. The maximum absolute atomic E-state index is 13.8. The Morgan fingerprint density at radius 3 is 2.37 bits per heavy atom. The van der Waals surface area contributed by atoms with Crippen molar-refractivity contribution in [2.75, 3.05) is 23.7 Å². The van der Waals surface area contributed by atoms with Gasteiger partial charge in [-0.05, 0) is 49.4 Å². The highest BCUT2D eigenvalue weighted by Gasteiger charge is 2.32. The number of anilines is 1. The third kappa shape index (κ3) is 7.52. The maximum atomic E-state index is 13.8. The van der Waals surface area contributed by atoms with Gasteiger partial charge in [0.25, 0.3) is 0 Å². The zero-order valence-electron chi connectivity index (χ0n) is 20.3. The van der Waals surface area contributed by atoms with Gasteiger partial charge in [0.05, 0.1) is 11.9 Å². The molecule has 1 N–H and O–H groups in total. The van der Waals surface area contributed by atoms with Crippen molar-refractivity contribution in [3.05, 3.63) is 66.0 Å². The molecule has 0 spiro atoms. The first-order chi connectivity index (χ1) is 16.7. The first-order valence-electron chi connectivity index (χ1n) is 12.1. The van der Waals surface area contributed by atoms with Crippen LogP contribution in [-0.2, 0) is 26.0 Å². The largest absolute Gasteiger partial charge is 0.352 e. The van der Waals surface area contributed by atoms with Crippen molar-refractivity contribution < 1.29 is 22.4 Å². The summed E-state index contributed by atoms with van der Waals surface area (Å²) in [4.78, 5) is 28.2. The van der Waals surface area contributed by atoms with E-state index in [2.05, 4.69) is 5.32 Å². The number of nitrogens with one attached hydrogen (secondary N) is 1. The van der Waals surface area contributed by atoms with Gasteiger partial charge in [-0.15, -0.1) is 0 Å². The average Bonchev–Trinajstić information content (AvgIpc) is 3.32. The third-order valence-electron chi connectivity index (χ3n) is 6.35. The molecule has 0 saturated heterocycles. The van der Waals surface area contributed by atoms with Gasteiger partial charge in [-0.25, -0.2) is 12.8 Å². The van der Waals surface area contributed by atoms with Gasteiger partial charge in [-0.2, -0.15) is 0 Å². The van der Waals surface area contributed by atoms with E-state index in [1.165, 1.54) is 23.1 Å². The summed E-state index contributed by atoms with van der Waals surface area (Å²) in [6.45, 7) is 1.56. The lowest BCUT2D eigenvalue weighted by molar-refractivity contribution is -0.139. The second-order valence-corrected chi connectivity index (χ2v) is 10.9. The summed E-state index contributed by atoms with van der Waals surface area (Å²) in [6, 6.07) is 14.1. The molecule has 0 heterocycles. The van der Waals surface area contributed by atoms with Crippen LogP contribution >= 0.6 is 0 Å². The Kier molecular flexibility index (Phi) is 9.26. The monoisotopic (exact) mass is 503 g/mol. The minimum absolute atomic E-state index is 0.0623. The van der Waals surface area contributed by atoms with Crippen LogP contribution in [0.15, 0.2) is 54.6 Å². The number of rotatable bonds is 11. The highest BCUT2D eigenvalue weighted by atomic mass is 32.2. The lowest BCUT2D eigenvalue weighted by atomic mass is 10.1. The van der Waals surface area contributed by atoms with Crippen LogP contribution in [0.1, 0.15) is 44.6 Å². The summed E-state index contributed by atoms with van der Waals surface area (Å²) in [5.41, 5.74) is 1.06. The van der Waals surface area contributed by atoms with Gasteiger partial charge in [-0.3, -0.25) is 13.9 Å². The molecule has 2 aromatic rings. The Balaban J connectivity index is 1.86. The maximum Gasteiger partial charge on any atom is 0.244 e. The fraction of sp³-hybridized carbons (Fsp3) is 0.462. The van der Waals surface area contributed by atoms with Crippen molar-refractivity contribution in [3.8, 4) is 0 Å². The molecule has 1 fully saturated rings. The first-order valence-corrected chi connectivity index (χ1v) is 13.9. The highest BCUT2D eigenvalue weighted by Crippen LogP contribution is 2.21. The number of hydrogen-bond donors (Lipinski definition) is 1. The number of amides is 2. The standard InChI is InChI=1S/C26H34FN3O4S/c1-3-24(26(32)28-22-13-7-8-14-22)29(17-16-20-10-5-4-6-11-20)25(31)19-30(35(2,33)34)23-15-9-12-21(27)18-23/h4-6,9-12,15,18,22,24H,3,7-8,13-14,16-17,19H2,1-2H3,(H,28,32). The number of sulfonamides is 1. The quantitative estimate of drug-likeness (QED) is 0.509. The lowest BCUT2D eigenvalue weighted by Gasteiger charge is -2.33. The summed E-state index contributed by atoms with van der Waals surface area (Å²) in [5.74, 6) is -1.34. The number of carbonyl (C=O) groups excluding carboxylic acids is 2. The van der Waals surface area contributed by atoms with Gasteiger partial charge in [0, 0.05) is 12.6 Å². The molecule has 1 saturated carbocycles. The van der Waals surface area contributed by atoms with Crippen LogP contribution in [0.2, 0.25) is 0 Å². The van der Waals surface area contributed by atoms with Crippen LogP contribution in [0.3, 0.4) is 0 Å². The van der Waals surface area contributed by atoms with E-state index in [9.17, 15) is 22.4 Å². The van der Waals surface area contributed by atoms with E-state index in [1.54, 1.807) is 0 Å². The fourth-order valence-corrected chi connectivity index (χ4v) is 5.35. The second kappa shape index (κ2) is 12.2. The van der Waals surface area contributed by atoms with E-state index < -0.39 is 34.3 Å². The number of benzene rings is 2. The van der Waals surface area contributed by atoms with Crippen LogP contribution < -0.4 is 9.62 Å². The molecule has 2 aromatic carbocycles. The minimum Gasteiger partial charge on any atom is -0.352 e. The zero-order chi connectivity index (χ0) is 25.4. The van der Waals surface area contributed by atoms with E-state index in [-0.39, 0.29) is 24.2 Å². The lowest BCUT2D eigenvalue weighted by Crippen LogP contribution is -2.54. The van der Waals surface area contributed by atoms with Gasteiger partial charge >= 0.3 is 0 Å². The minimum atomic E-state index is -3.88. The van der Waals surface area contributed by atoms with Gasteiger partial charge in [-0.1, -0.05) is 56.2 Å². The number of nitrogens with zero attached hydrogens (tertiary/aromatic N) is 2. The summed E-state index contributed by atoms with van der Waals surface area (Å²) < 4.78 is 39.8. The number of carbonyl (C=O) groups is 2. The molecule has 0 radical (unpaired) electrons. The summed E-state index contributed by atoms with van der Waals surface area (Å²) >= 11 is 0. The molecule has 1 aliphatic rings. The Morgan fingerprint density at radius 1 is 1.09 bits per heavy atom. The second-order valence-electron chi connectivity index (χ2n) is 8.99. The molecule has 3 rings (SSSR count). The smallest absolute Gasteiger partial charge is 0.244 e. The first kappa shape index (κ1) is 26.7. The van der Waals surface area contributed by atoms with Crippen molar-refractivity contribution in [1.82, 2.24) is 10.2 Å². The molecule has 190 valence electrons. The van der Waals surface area contributed by atoms with Crippen molar-refractivity contribution in [3.63, 3.8) is 0 Å². The Labute approximate surface area is 207 Å². The highest BCUT2D eigenvalue weighted by molar-refractivity contribution is 7.92. The van der Waals surface area contributed by atoms with Crippen molar-refractivity contribution in [2.45, 2.75) is 57.5 Å². The van der Waals surface area contributed by atoms with Crippen LogP contribution in [0.25, 0.3) is 0 Å². The summed E-state index contributed by atoms with van der Waals surface area (Å²) in [7, 11) is -3.88. The molecule has 1 aliphatic carbocycles. The average molecular weight is 504 g/mol. The van der Waals surface area contributed by atoms with Crippen LogP contribution in [0.4, 0.5) is 10.1 Å². The molecule has 7 nitrogen and oxygen atoms in total. The van der Waals surface area contributed by atoms with Crippen molar-refractivity contribution >= 4 is 27.5 Å². The zero-order valence-corrected chi connectivity index (χ0v) is 21.1. The molecule has 1 atom stereocenters. The van der Waals surface area contributed by atoms with Crippen LogP contribution in [0.5, 0.6) is 0 Å². The molecule has 1 unspecified atom stereocenters. The van der Waals surface area contributed by atoms with Gasteiger partial charge in [0.2, 0.25) is 21.8 Å². The predicted octanol–water partition coefficient (Wildman–Crippen LogP) is 3.50. The van der Waals surface area contributed by atoms with E-state index in [1.807, 2.05) is 37.3 Å². The summed E-state index contributed by atoms with van der Waals surface area (Å²) in [5, 5.41) is 3.07. The van der Waals surface area contributed by atoms with E-state index in [0.717, 1.165) is 47.9 Å². The van der Waals surface area contributed by atoms with Crippen LogP contribution in [-0.4, -0.2) is 56.6 Å². The fourth-order valence-electron chi connectivity index (χ4n) is 4.51. The Morgan fingerprint density at radius 2 is 1.77 bits per heavy atom. The van der Waals surface area contributed by atoms with E-state index >= 15 is 0 Å². The molecular formula is C26H34FN3O4S. The molecule has 9 heteroatoms.